The molecule has 3 amide bonds. The molecule has 0 spiro atoms. The molecule has 0 aliphatic heterocycles. The average Bonchev–Trinajstić information content (AvgIpc) is 3.42. The third kappa shape index (κ3) is 11.1. The van der Waals surface area contributed by atoms with Gasteiger partial charge < -0.3 is 53.5 Å². The Morgan fingerprint density at radius 3 is 2.22 bits per heavy atom. The zero-order chi connectivity index (χ0) is 30.5. The number of H-pyrrole nitrogens is 1. The van der Waals surface area contributed by atoms with Gasteiger partial charge in [-0.3, -0.25) is 19.4 Å². The van der Waals surface area contributed by atoms with E-state index in [-0.39, 0.29) is 37.5 Å². The van der Waals surface area contributed by atoms with E-state index in [4.69, 9.17) is 17.2 Å². The van der Waals surface area contributed by atoms with E-state index in [1.54, 1.807) is 12.1 Å². The number of hydrogen-bond donors (Lipinski definition) is 10. The van der Waals surface area contributed by atoms with Crippen LogP contribution < -0.4 is 33.2 Å². The number of aliphatic imine (C=N–C) groups is 1. The Kier molecular flexibility index (Phi) is 12.5. The average molecular weight is 576 g/mol. The molecule has 5 unspecified atom stereocenters. The Morgan fingerprint density at radius 2 is 1.66 bits per heavy atom. The number of phenolic OH excluding ortho intramolecular Hbond substituents is 1. The molecule has 0 radical (unpaired) electrons. The fraction of sp³-hybridized carbons (Fsp3) is 0.440. The highest BCUT2D eigenvalue weighted by Crippen LogP contribution is 2.12. The normalized spacial score (nSPS) is 14.5. The molecule has 16 nitrogen and oxygen atoms in total. The van der Waals surface area contributed by atoms with Gasteiger partial charge in [0, 0.05) is 31.3 Å². The van der Waals surface area contributed by atoms with Gasteiger partial charge in [-0.1, -0.05) is 12.1 Å². The second-order valence-electron chi connectivity index (χ2n) is 9.39. The molecule has 5 atom stereocenters. The number of imidazole rings is 1. The van der Waals surface area contributed by atoms with Crippen molar-refractivity contribution in [3.05, 3.63) is 48.0 Å². The number of amides is 3. The van der Waals surface area contributed by atoms with E-state index in [1.165, 1.54) is 31.6 Å². The van der Waals surface area contributed by atoms with Crippen LogP contribution in [0.4, 0.5) is 0 Å². The molecule has 0 saturated heterocycles. The summed E-state index contributed by atoms with van der Waals surface area (Å²) in [6.07, 6.45) is 1.76. The number of aliphatic carboxylic acids is 1. The molecular formula is C25H37N9O7. The Bertz CT molecular complexity index is 1180. The van der Waals surface area contributed by atoms with Crippen molar-refractivity contribution in [3.63, 3.8) is 0 Å². The maximum Gasteiger partial charge on any atom is 0.326 e. The minimum atomic E-state index is -1.56. The molecule has 1 aromatic heterocycles. The smallest absolute Gasteiger partial charge is 0.326 e. The van der Waals surface area contributed by atoms with Crippen LogP contribution in [0.15, 0.2) is 41.8 Å². The largest absolute Gasteiger partial charge is 0.508 e. The Morgan fingerprint density at radius 1 is 1.00 bits per heavy atom. The predicted molar refractivity (Wildman–Crippen MR) is 147 cm³/mol. The lowest BCUT2D eigenvalue weighted by Gasteiger charge is -2.26. The van der Waals surface area contributed by atoms with E-state index in [1.807, 2.05) is 0 Å². The van der Waals surface area contributed by atoms with Crippen molar-refractivity contribution < 1.29 is 34.5 Å². The van der Waals surface area contributed by atoms with E-state index in [9.17, 15) is 34.5 Å². The number of guanidine groups is 1. The number of phenols is 1. The van der Waals surface area contributed by atoms with Gasteiger partial charge in [-0.25, -0.2) is 9.78 Å². The molecular weight excluding hydrogens is 538 g/mol. The molecule has 224 valence electrons. The topological polar surface area (TPSA) is 284 Å². The van der Waals surface area contributed by atoms with Crippen molar-refractivity contribution in [1.82, 2.24) is 25.9 Å². The highest BCUT2D eigenvalue weighted by Gasteiger charge is 2.33. The molecule has 2 aromatic rings. The van der Waals surface area contributed by atoms with Crippen LogP contribution in [-0.2, 0) is 32.0 Å². The predicted octanol–water partition coefficient (Wildman–Crippen LogP) is -2.80. The van der Waals surface area contributed by atoms with Gasteiger partial charge in [0.1, 0.15) is 23.9 Å². The minimum absolute atomic E-state index is 0.00413. The van der Waals surface area contributed by atoms with E-state index < -0.39 is 54.0 Å². The number of carbonyl (C=O) groups is 4. The first-order valence-corrected chi connectivity index (χ1v) is 12.8. The van der Waals surface area contributed by atoms with Gasteiger partial charge >= 0.3 is 5.97 Å². The van der Waals surface area contributed by atoms with Crippen molar-refractivity contribution in [3.8, 4) is 5.75 Å². The number of aliphatic hydroxyl groups excluding tert-OH is 1. The Balaban J connectivity index is 2.16. The number of nitrogens with one attached hydrogen (secondary N) is 4. The lowest BCUT2D eigenvalue weighted by molar-refractivity contribution is -0.143. The quantitative estimate of drug-likeness (QED) is 0.0554. The highest BCUT2D eigenvalue weighted by atomic mass is 16.4. The van der Waals surface area contributed by atoms with Gasteiger partial charge in [0.2, 0.25) is 17.7 Å². The van der Waals surface area contributed by atoms with Crippen LogP contribution in [-0.4, -0.2) is 91.8 Å². The van der Waals surface area contributed by atoms with Gasteiger partial charge in [-0.15, -0.1) is 0 Å². The first-order chi connectivity index (χ1) is 19.4. The maximum atomic E-state index is 13.3. The number of aromatic amines is 1. The maximum absolute atomic E-state index is 13.3. The summed E-state index contributed by atoms with van der Waals surface area (Å²) in [4.78, 5) is 61.2. The molecule has 0 aliphatic rings. The van der Waals surface area contributed by atoms with E-state index in [0.29, 0.717) is 17.7 Å². The second kappa shape index (κ2) is 15.8. The van der Waals surface area contributed by atoms with Crippen LogP contribution in [0.5, 0.6) is 5.75 Å². The Hall–Kier alpha value is -4.70. The van der Waals surface area contributed by atoms with Gasteiger partial charge in [0.15, 0.2) is 5.96 Å². The number of carboxylic acid groups (broad SMARTS) is 1. The summed E-state index contributed by atoms with van der Waals surface area (Å²) < 4.78 is 0. The molecule has 0 aliphatic carbocycles. The van der Waals surface area contributed by atoms with Gasteiger partial charge in [0.05, 0.1) is 18.5 Å². The number of nitrogens with zero attached hydrogens (tertiary/aromatic N) is 2. The van der Waals surface area contributed by atoms with Gasteiger partial charge in [-0.05, 0) is 37.5 Å². The second-order valence-corrected chi connectivity index (χ2v) is 9.39. The molecule has 1 heterocycles. The monoisotopic (exact) mass is 575 g/mol. The highest BCUT2D eigenvalue weighted by molar-refractivity contribution is 5.94. The zero-order valence-corrected chi connectivity index (χ0v) is 22.5. The van der Waals surface area contributed by atoms with Crippen LogP contribution in [0.3, 0.4) is 0 Å². The first-order valence-electron chi connectivity index (χ1n) is 12.8. The number of rotatable bonds is 16. The number of hydrogen-bond acceptors (Lipinski definition) is 9. The van der Waals surface area contributed by atoms with E-state index in [2.05, 4.69) is 30.9 Å². The number of aromatic nitrogens is 2. The lowest BCUT2D eigenvalue weighted by Crippen LogP contribution is -2.60. The zero-order valence-electron chi connectivity index (χ0n) is 22.5. The number of nitrogens with two attached hydrogens (primary N) is 3. The van der Waals surface area contributed by atoms with Crippen molar-refractivity contribution in [1.29, 1.82) is 0 Å². The molecule has 1 aromatic carbocycles. The summed E-state index contributed by atoms with van der Waals surface area (Å²) in [7, 11) is 0. The standard InChI is InChI=1S/C25H37N9O7/c1-13(35)20(23(39)33-19(24(40)41)10-15-11-29-12-31-15)34-22(38)18(9-14-4-6-16(36)7-5-14)32-21(37)17(26)3-2-8-30-25(27)28/h4-7,11-13,17-20,35-36H,2-3,8-10,26H2,1H3,(H,29,31)(H,32,37)(H,33,39)(H,34,38)(H,40,41)(H4,27,28,30). The number of aliphatic hydroxyl groups is 1. The van der Waals surface area contributed by atoms with Crippen LogP contribution in [0.2, 0.25) is 0 Å². The van der Waals surface area contributed by atoms with Gasteiger partial charge in [-0.2, -0.15) is 0 Å². The molecule has 0 bridgehead atoms. The summed E-state index contributed by atoms with van der Waals surface area (Å²) in [6, 6.07) is 0.701. The molecule has 16 heteroatoms. The summed E-state index contributed by atoms with van der Waals surface area (Å²) in [5.74, 6) is -3.88. The fourth-order valence-electron chi connectivity index (χ4n) is 3.74. The lowest BCUT2D eigenvalue weighted by atomic mass is 10.0. The van der Waals surface area contributed by atoms with Crippen LogP contribution in [0.25, 0.3) is 0 Å². The molecule has 13 N–H and O–H groups in total. The van der Waals surface area contributed by atoms with Crippen molar-refractivity contribution in [2.24, 2.45) is 22.2 Å². The number of aromatic hydroxyl groups is 1. The van der Waals surface area contributed by atoms with Gasteiger partial charge in [0.25, 0.3) is 0 Å². The molecule has 0 fully saturated rings. The Labute approximate surface area is 235 Å². The summed E-state index contributed by atoms with van der Waals surface area (Å²) in [5, 5.41) is 36.7. The number of carbonyl (C=O) groups excluding carboxylic acids is 3. The molecule has 0 saturated carbocycles. The van der Waals surface area contributed by atoms with Crippen LogP contribution >= 0.6 is 0 Å². The molecule has 41 heavy (non-hydrogen) atoms. The fourth-order valence-corrected chi connectivity index (χ4v) is 3.74. The third-order valence-corrected chi connectivity index (χ3v) is 5.97. The third-order valence-electron chi connectivity index (χ3n) is 5.97. The van der Waals surface area contributed by atoms with Crippen LogP contribution in [0.1, 0.15) is 31.0 Å². The number of carboxylic acids is 1. The van der Waals surface area contributed by atoms with Crippen LogP contribution in [0, 0.1) is 0 Å². The van der Waals surface area contributed by atoms with E-state index >= 15 is 0 Å². The van der Waals surface area contributed by atoms with E-state index in [0.717, 1.165) is 0 Å². The summed E-state index contributed by atoms with van der Waals surface area (Å²) in [6.45, 7) is 1.50. The van der Waals surface area contributed by atoms with Crippen molar-refractivity contribution in [2.75, 3.05) is 6.54 Å². The van der Waals surface area contributed by atoms with Crippen molar-refractivity contribution in [2.45, 2.75) is 62.9 Å². The molecule has 2 rings (SSSR count). The first kappa shape index (κ1) is 32.5. The minimum Gasteiger partial charge on any atom is -0.508 e. The van der Waals surface area contributed by atoms with Crippen molar-refractivity contribution >= 4 is 29.7 Å². The summed E-state index contributed by atoms with van der Waals surface area (Å²) >= 11 is 0. The summed E-state index contributed by atoms with van der Waals surface area (Å²) in [5.41, 5.74) is 17.6. The number of benzene rings is 1. The SMILES string of the molecule is CC(O)C(NC(=O)C(Cc1ccc(O)cc1)NC(=O)C(N)CCCN=C(N)N)C(=O)NC(Cc1cnc[nH]1)C(=O)O.